The van der Waals surface area contributed by atoms with E-state index in [-0.39, 0.29) is 29.1 Å². The minimum Gasteiger partial charge on any atom is -0.382 e. The fourth-order valence-corrected chi connectivity index (χ4v) is 11.4. The van der Waals surface area contributed by atoms with Gasteiger partial charge in [-0.1, -0.05) is 25.0 Å². The van der Waals surface area contributed by atoms with Crippen molar-refractivity contribution in [3.63, 3.8) is 0 Å². The third-order valence-electron chi connectivity index (χ3n) is 13.7. The minimum atomic E-state index is -0.538. The molecule has 1 unspecified atom stereocenters. The summed E-state index contributed by atoms with van der Waals surface area (Å²) in [4.78, 5) is 69.6. The van der Waals surface area contributed by atoms with Crippen LogP contribution in [-0.2, 0) is 33.2 Å². The number of halogens is 1. The Labute approximate surface area is 349 Å². The summed E-state index contributed by atoms with van der Waals surface area (Å²) in [5.41, 5.74) is 4.54. The molecule has 3 aromatic rings. The van der Waals surface area contributed by atoms with Crippen molar-refractivity contribution in [1.29, 1.82) is 0 Å². The number of nitrogens with zero attached hydrogens (tertiary/aromatic N) is 6. The number of hydrogen-bond acceptors (Lipinski definition) is 11. The number of thioether (sulfide) groups is 1. The molecule has 1 saturated carbocycles. The van der Waals surface area contributed by atoms with E-state index >= 15 is 0 Å². The Morgan fingerprint density at radius 2 is 1.66 bits per heavy atom. The van der Waals surface area contributed by atoms with E-state index in [1.807, 2.05) is 0 Å². The van der Waals surface area contributed by atoms with E-state index in [4.69, 9.17) is 0 Å². The Hall–Kier alpha value is -4.05. The Balaban J connectivity index is 0.680. The largest absolute Gasteiger partial charge is 0.382 e. The number of likely N-dealkylation sites (tertiary alicyclic amines) is 2. The van der Waals surface area contributed by atoms with Crippen LogP contribution < -0.4 is 21.1 Å². The number of nitrogens with one attached hydrogen (secondary N) is 3. The maximum Gasteiger partial charge on any atom is 0.261 e. The lowest BCUT2D eigenvalue weighted by molar-refractivity contribution is -0.138. The topological polar surface area (TPSA) is 137 Å². The SMILES string of the molecule is O=C1CCC(N2Cc3cccc(N4CCN(CC5CCN(C(=O)CN6CCC(SCc7nc8cc(NC9CCCC9)cc(F)c8c(=O)[nH]7)CC6)CC5)CC4)c3C2)C(=O)N1. The number of carbonyl (C=O) groups excluding carboxylic acids is 3. The van der Waals surface area contributed by atoms with E-state index in [0.29, 0.717) is 59.4 Å². The van der Waals surface area contributed by atoms with Crippen LogP contribution in [0.3, 0.4) is 0 Å². The first-order valence-electron chi connectivity index (χ1n) is 22.0. The van der Waals surface area contributed by atoms with Gasteiger partial charge in [0.25, 0.3) is 5.56 Å². The number of hydrogen-bond donors (Lipinski definition) is 3. The van der Waals surface area contributed by atoms with E-state index in [9.17, 15) is 23.6 Å². The quantitative estimate of drug-likeness (QED) is 0.239. The Kier molecular flexibility index (Phi) is 12.2. The summed E-state index contributed by atoms with van der Waals surface area (Å²) >= 11 is 1.78. The first-order valence-corrected chi connectivity index (χ1v) is 23.0. The van der Waals surface area contributed by atoms with E-state index in [1.54, 1.807) is 17.8 Å². The van der Waals surface area contributed by atoms with Gasteiger partial charge in [-0.25, -0.2) is 9.37 Å². The molecule has 5 aliphatic heterocycles. The molecule has 1 aliphatic carbocycles. The number of rotatable bonds is 11. The van der Waals surface area contributed by atoms with Crippen molar-refractivity contribution in [1.82, 2.24) is 34.9 Å². The van der Waals surface area contributed by atoms with Gasteiger partial charge in [0.1, 0.15) is 17.0 Å². The number of aromatic amines is 1. The smallest absolute Gasteiger partial charge is 0.261 e. The first-order chi connectivity index (χ1) is 28.7. The molecule has 15 heteroatoms. The lowest BCUT2D eigenvalue weighted by atomic mass is 9.95. The van der Waals surface area contributed by atoms with Gasteiger partial charge in [0, 0.05) is 88.0 Å². The Morgan fingerprint density at radius 1 is 0.881 bits per heavy atom. The maximum absolute atomic E-state index is 14.9. The zero-order chi connectivity index (χ0) is 40.5. The number of carbonyl (C=O) groups is 3. The molecule has 13 nitrogen and oxygen atoms in total. The molecule has 5 fully saturated rings. The standard InChI is InChI=1S/C44H58FN9O4S/c45-35-22-32(46-31-5-1-2-6-31)23-36-42(35)44(58)48-39(47-36)28-59-33-12-14-50(15-13-33)27-41(56)53-16-10-29(11-17-53)24-51-18-20-52(21-19-51)37-7-3-4-30-25-54(26-34(30)37)38-8-9-40(55)49-43(38)57/h3-4,7,22-23,29,31,33,38,46H,1-2,5-6,8-21,24-28H2,(H,47,48,58)(H,49,55,57). The van der Waals surface area contributed by atoms with E-state index in [0.717, 1.165) is 111 Å². The van der Waals surface area contributed by atoms with E-state index < -0.39 is 11.4 Å². The van der Waals surface area contributed by atoms with Crippen molar-refractivity contribution < 1.29 is 18.8 Å². The average molecular weight is 828 g/mol. The molecular formula is C44H58FN9O4S. The van der Waals surface area contributed by atoms with Crippen molar-refractivity contribution >= 4 is 51.8 Å². The van der Waals surface area contributed by atoms with Gasteiger partial charge in [-0.15, -0.1) is 0 Å². The molecule has 316 valence electrons. The summed E-state index contributed by atoms with van der Waals surface area (Å²) in [7, 11) is 0. The summed E-state index contributed by atoms with van der Waals surface area (Å²) < 4.78 is 14.9. The number of H-pyrrole nitrogens is 1. The number of amides is 3. The summed E-state index contributed by atoms with van der Waals surface area (Å²) in [6.07, 6.45) is 9.54. The van der Waals surface area contributed by atoms with Gasteiger partial charge >= 0.3 is 0 Å². The number of anilines is 2. The van der Waals surface area contributed by atoms with Crippen molar-refractivity contribution in [3.8, 4) is 0 Å². The zero-order valence-electron chi connectivity index (χ0n) is 34.1. The second-order valence-electron chi connectivity index (χ2n) is 17.7. The molecule has 1 atom stereocenters. The minimum absolute atomic E-state index is 0.0166. The summed E-state index contributed by atoms with van der Waals surface area (Å²) in [5.74, 6) is 1.10. The molecule has 6 aliphatic rings. The highest BCUT2D eigenvalue weighted by molar-refractivity contribution is 7.99. The fourth-order valence-electron chi connectivity index (χ4n) is 10.3. The van der Waals surface area contributed by atoms with Crippen molar-refractivity contribution in [2.75, 3.05) is 75.7 Å². The summed E-state index contributed by atoms with van der Waals surface area (Å²) in [5, 5.41) is 6.38. The van der Waals surface area contributed by atoms with Crippen LogP contribution in [0, 0.1) is 11.7 Å². The van der Waals surface area contributed by atoms with Gasteiger partial charge in [0.2, 0.25) is 17.7 Å². The number of benzene rings is 2. The molecule has 4 saturated heterocycles. The van der Waals surface area contributed by atoms with Gasteiger partial charge in [-0.3, -0.25) is 39.2 Å². The van der Waals surface area contributed by atoms with Crippen LogP contribution >= 0.6 is 11.8 Å². The van der Waals surface area contributed by atoms with Crippen LogP contribution in [0.25, 0.3) is 10.9 Å². The summed E-state index contributed by atoms with van der Waals surface area (Å²) in [6, 6.07) is 9.85. The van der Waals surface area contributed by atoms with E-state index in [2.05, 4.69) is 63.3 Å². The van der Waals surface area contributed by atoms with Gasteiger partial charge in [0.05, 0.1) is 23.9 Å². The number of imide groups is 1. The molecule has 0 spiro atoms. The monoisotopic (exact) mass is 827 g/mol. The molecular weight excluding hydrogens is 770 g/mol. The lowest BCUT2D eigenvalue weighted by Crippen LogP contribution is -2.51. The highest BCUT2D eigenvalue weighted by atomic mass is 32.2. The number of piperazine rings is 1. The first kappa shape index (κ1) is 40.4. The van der Waals surface area contributed by atoms with Crippen LogP contribution in [0.2, 0.25) is 0 Å². The normalized spacial score (nSPS) is 23.3. The van der Waals surface area contributed by atoms with Crippen LogP contribution in [0.15, 0.2) is 35.1 Å². The second-order valence-corrected chi connectivity index (χ2v) is 19.0. The van der Waals surface area contributed by atoms with Crippen LogP contribution in [0.4, 0.5) is 15.8 Å². The van der Waals surface area contributed by atoms with Gasteiger partial charge in [0.15, 0.2) is 0 Å². The highest BCUT2D eigenvalue weighted by Gasteiger charge is 2.36. The number of fused-ring (bicyclic) bond motifs is 2. The molecule has 3 amide bonds. The Morgan fingerprint density at radius 3 is 2.42 bits per heavy atom. The third kappa shape index (κ3) is 9.33. The van der Waals surface area contributed by atoms with Crippen LogP contribution in [0.5, 0.6) is 0 Å². The lowest BCUT2D eigenvalue weighted by Gasteiger charge is -2.40. The molecule has 0 radical (unpaired) electrons. The van der Waals surface area contributed by atoms with E-state index in [1.165, 1.54) is 35.7 Å². The van der Waals surface area contributed by atoms with Crippen molar-refractivity contribution in [2.45, 2.75) is 100 Å². The number of aromatic nitrogens is 2. The molecule has 6 heterocycles. The molecule has 0 bridgehead atoms. The van der Waals surface area contributed by atoms with Crippen molar-refractivity contribution in [2.24, 2.45) is 5.92 Å². The third-order valence-corrected chi connectivity index (χ3v) is 15.1. The van der Waals surface area contributed by atoms with Gasteiger partial charge in [-0.05, 0) is 93.3 Å². The predicted molar refractivity (Wildman–Crippen MR) is 229 cm³/mol. The molecule has 2 aromatic carbocycles. The zero-order valence-corrected chi connectivity index (χ0v) is 34.9. The van der Waals surface area contributed by atoms with Crippen LogP contribution in [-0.4, -0.2) is 130 Å². The van der Waals surface area contributed by atoms with Crippen molar-refractivity contribution in [3.05, 3.63) is 63.5 Å². The molecule has 3 N–H and O–H groups in total. The highest BCUT2D eigenvalue weighted by Crippen LogP contribution is 2.35. The number of piperidine rings is 3. The average Bonchev–Trinajstić information content (AvgIpc) is 3.91. The second kappa shape index (κ2) is 17.9. The fraction of sp³-hybridized carbons (Fsp3) is 0.614. The molecule has 1 aromatic heterocycles. The van der Waals surface area contributed by atoms with Crippen LogP contribution in [0.1, 0.15) is 81.2 Å². The van der Waals surface area contributed by atoms with Gasteiger partial charge < -0.3 is 20.1 Å². The molecule has 9 rings (SSSR count). The Bertz CT molecular complexity index is 2090. The predicted octanol–water partition coefficient (Wildman–Crippen LogP) is 4.30. The maximum atomic E-state index is 14.9. The molecule has 59 heavy (non-hydrogen) atoms. The van der Waals surface area contributed by atoms with Gasteiger partial charge in [-0.2, -0.15) is 11.8 Å². The summed E-state index contributed by atoms with van der Waals surface area (Å²) in [6.45, 7) is 10.4.